The van der Waals surface area contributed by atoms with Gasteiger partial charge in [-0.25, -0.2) is 0 Å². The molecular weight excluding hydrogens is 224 g/mol. The molecule has 4 heteroatoms. The van der Waals surface area contributed by atoms with Crippen molar-refractivity contribution in [3.05, 3.63) is 0 Å². The van der Waals surface area contributed by atoms with Gasteiger partial charge in [-0.2, -0.15) is 0 Å². The Kier molecular flexibility index (Phi) is 5.29. The van der Waals surface area contributed by atoms with Crippen molar-refractivity contribution in [1.29, 1.82) is 0 Å². The van der Waals surface area contributed by atoms with Crippen molar-refractivity contribution in [2.75, 3.05) is 33.7 Å². The van der Waals surface area contributed by atoms with Crippen LogP contribution in [0.2, 0.25) is 0 Å². The third-order valence-corrected chi connectivity index (χ3v) is 4.23. The SMILES string of the molecule is CN(C)C(CNC1=NCCCN1)C1CCCCC1. The zero-order chi connectivity index (χ0) is 12.8. The van der Waals surface area contributed by atoms with E-state index in [0.717, 1.165) is 37.9 Å². The minimum atomic E-state index is 0.636. The van der Waals surface area contributed by atoms with E-state index in [1.54, 1.807) is 0 Å². The molecule has 2 N–H and O–H groups in total. The van der Waals surface area contributed by atoms with Gasteiger partial charge in [-0.15, -0.1) is 0 Å². The average Bonchev–Trinajstić information content (AvgIpc) is 2.41. The molecule has 1 unspecified atom stereocenters. The Balaban J connectivity index is 1.83. The van der Waals surface area contributed by atoms with Gasteiger partial charge in [0.25, 0.3) is 0 Å². The molecule has 1 aliphatic carbocycles. The van der Waals surface area contributed by atoms with Gasteiger partial charge in [-0.05, 0) is 39.3 Å². The summed E-state index contributed by atoms with van der Waals surface area (Å²) in [6.45, 7) is 3.04. The number of guanidine groups is 1. The van der Waals surface area contributed by atoms with E-state index < -0.39 is 0 Å². The lowest BCUT2D eigenvalue weighted by Crippen LogP contribution is -2.49. The van der Waals surface area contributed by atoms with E-state index in [1.165, 1.54) is 32.1 Å². The Morgan fingerprint density at radius 3 is 2.67 bits per heavy atom. The zero-order valence-corrected chi connectivity index (χ0v) is 11.9. The summed E-state index contributed by atoms with van der Waals surface area (Å²) in [5.41, 5.74) is 0. The van der Waals surface area contributed by atoms with Gasteiger partial charge < -0.3 is 15.5 Å². The highest BCUT2D eigenvalue weighted by Gasteiger charge is 2.25. The van der Waals surface area contributed by atoms with Gasteiger partial charge in [-0.1, -0.05) is 19.3 Å². The predicted molar refractivity (Wildman–Crippen MR) is 77.0 cm³/mol. The first-order valence-corrected chi connectivity index (χ1v) is 7.46. The number of rotatable bonds is 4. The lowest BCUT2D eigenvalue weighted by atomic mass is 9.83. The number of hydrogen-bond donors (Lipinski definition) is 2. The van der Waals surface area contributed by atoms with Crippen LogP contribution in [-0.4, -0.2) is 50.6 Å². The molecule has 2 aliphatic rings. The standard InChI is InChI=1S/C14H28N4/c1-18(2)13(12-7-4-3-5-8-12)11-17-14-15-9-6-10-16-14/h12-13H,3-11H2,1-2H3,(H2,15,16,17). The lowest BCUT2D eigenvalue weighted by Gasteiger charge is -2.35. The Morgan fingerprint density at radius 2 is 2.06 bits per heavy atom. The van der Waals surface area contributed by atoms with Gasteiger partial charge in [-0.3, -0.25) is 4.99 Å². The molecule has 0 saturated heterocycles. The maximum Gasteiger partial charge on any atom is 0.191 e. The van der Waals surface area contributed by atoms with Crippen molar-refractivity contribution in [2.45, 2.75) is 44.6 Å². The number of nitrogens with zero attached hydrogens (tertiary/aromatic N) is 2. The van der Waals surface area contributed by atoms with Crippen LogP contribution in [0.5, 0.6) is 0 Å². The van der Waals surface area contributed by atoms with Crippen molar-refractivity contribution in [2.24, 2.45) is 10.9 Å². The van der Waals surface area contributed by atoms with Crippen molar-refractivity contribution in [1.82, 2.24) is 15.5 Å². The minimum absolute atomic E-state index is 0.636. The summed E-state index contributed by atoms with van der Waals surface area (Å²) < 4.78 is 0. The van der Waals surface area contributed by atoms with Crippen LogP contribution < -0.4 is 10.6 Å². The van der Waals surface area contributed by atoms with Crippen molar-refractivity contribution < 1.29 is 0 Å². The molecule has 18 heavy (non-hydrogen) atoms. The summed E-state index contributed by atoms with van der Waals surface area (Å²) in [5.74, 6) is 1.86. The van der Waals surface area contributed by atoms with Crippen LogP contribution in [0, 0.1) is 5.92 Å². The summed E-state index contributed by atoms with van der Waals surface area (Å²) in [4.78, 5) is 6.86. The predicted octanol–water partition coefficient (Wildman–Crippen LogP) is 1.44. The van der Waals surface area contributed by atoms with Gasteiger partial charge in [0.2, 0.25) is 0 Å². The van der Waals surface area contributed by atoms with E-state index in [9.17, 15) is 0 Å². The molecule has 104 valence electrons. The molecule has 0 amide bonds. The molecule has 1 atom stereocenters. The molecule has 0 aromatic rings. The van der Waals surface area contributed by atoms with Crippen LogP contribution in [0.15, 0.2) is 4.99 Å². The second-order valence-electron chi connectivity index (χ2n) is 5.82. The number of likely N-dealkylation sites (N-methyl/N-ethyl adjacent to an activating group) is 1. The largest absolute Gasteiger partial charge is 0.356 e. The summed E-state index contributed by atoms with van der Waals surface area (Å²) in [6.07, 6.45) is 8.19. The fourth-order valence-corrected chi connectivity index (χ4v) is 3.14. The number of hydrogen-bond acceptors (Lipinski definition) is 4. The van der Waals surface area contributed by atoms with Crippen molar-refractivity contribution in [3.8, 4) is 0 Å². The van der Waals surface area contributed by atoms with E-state index in [1.807, 2.05) is 0 Å². The van der Waals surface area contributed by atoms with Gasteiger partial charge in [0.1, 0.15) is 0 Å². The highest BCUT2D eigenvalue weighted by Crippen LogP contribution is 2.27. The van der Waals surface area contributed by atoms with Crippen LogP contribution >= 0.6 is 0 Å². The molecule has 0 aromatic carbocycles. The molecule has 4 nitrogen and oxygen atoms in total. The molecule has 1 saturated carbocycles. The Hall–Kier alpha value is -0.770. The Labute approximate surface area is 111 Å². The number of nitrogens with one attached hydrogen (secondary N) is 2. The first-order valence-electron chi connectivity index (χ1n) is 7.46. The minimum Gasteiger partial charge on any atom is -0.356 e. The maximum atomic E-state index is 4.48. The normalized spacial score (nSPS) is 23.4. The molecule has 1 aliphatic heterocycles. The topological polar surface area (TPSA) is 39.7 Å². The fourth-order valence-electron chi connectivity index (χ4n) is 3.14. The van der Waals surface area contributed by atoms with Crippen LogP contribution in [0.25, 0.3) is 0 Å². The van der Waals surface area contributed by atoms with Crippen molar-refractivity contribution in [3.63, 3.8) is 0 Å². The van der Waals surface area contributed by atoms with Crippen molar-refractivity contribution >= 4 is 5.96 Å². The van der Waals surface area contributed by atoms with Gasteiger partial charge in [0.05, 0.1) is 0 Å². The van der Waals surface area contributed by atoms with Gasteiger partial charge >= 0.3 is 0 Å². The summed E-state index contributed by atoms with van der Waals surface area (Å²) >= 11 is 0. The maximum absolute atomic E-state index is 4.48. The Morgan fingerprint density at radius 1 is 1.28 bits per heavy atom. The highest BCUT2D eigenvalue weighted by molar-refractivity contribution is 5.80. The van der Waals surface area contributed by atoms with E-state index in [2.05, 4.69) is 34.6 Å². The Bertz CT molecular complexity index is 269. The first-order chi connectivity index (χ1) is 8.77. The smallest absolute Gasteiger partial charge is 0.191 e. The molecular formula is C14H28N4. The average molecular weight is 252 g/mol. The van der Waals surface area contributed by atoms with E-state index in [0.29, 0.717) is 6.04 Å². The first kappa shape index (κ1) is 13.7. The summed E-state index contributed by atoms with van der Waals surface area (Å²) in [5, 5.41) is 6.83. The van der Waals surface area contributed by atoms with Crippen LogP contribution in [0.4, 0.5) is 0 Å². The molecule has 0 radical (unpaired) electrons. The number of aliphatic imine (C=N–C) groups is 1. The zero-order valence-electron chi connectivity index (χ0n) is 11.9. The van der Waals surface area contributed by atoms with Gasteiger partial charge in [0, 0.05) is 25.7 Å². The molecule has 1 heterocycles. The van der Waals surface area contributed by atoms with Crippen LogP contribution in [0.3, 0.4) is 0 Å². The van der Waals surface area contributed by atoms with Crippen LogP contribution in [0.1, 0.15) is 38.5 Å². The second kappa shape index (κ2) is 6.98. The second-order valence-corrected chi connectivity index (χ2v) is 5.82. The van der Waals surface area contributed by atoms with E-state index >= 15 is 0 Å². The third kappa shape index (κ3) is 3.87. The molecule has 0 bridgehead atoms. The fraction of sp³-hybridized carbons (Fsp3) is 0.929. The van der Waals surface area contributed by atoms with Crippen LogP contribution in [-0.2, 0) is 0 Å². The third-order valence-electron chi connectivity index (χ3n) is 4.23. The highest BCUT2D eigenvalue weighted by atomic mass is 15.2. The molecule has 0 aromatic heterocycles. The van der Waals surface area contributed by atoms with E-state index in [-0.39, 0.29) is 0 Å². The molecule has 2 rings (SSSR count). The quantitative estimate of drug-likeness (QED) is 0.795. The summed E-state index contributed by atoms with van der Waals surface area (Å²) in [6, 6.07) is 0.636. The molecule has 1 fully saturated rings. The monoisotopic (exact) mass is 252 g/mol. The van der Waals surface area contributed by atoms with E-state index in [4.69, 9.17) is 0 Å². The lowest BCUT2D eigenvalue weighted by molar-refractivity contribution is 0.171. The summed E-state index contributed by atoms with van der Waals surface area (Å²) in [7, 11) is 4.41. The molecule has 0 spiro atoms. The van der Waals surface area contributed by atoms with Gasteiger partial charge in [0.15, 0.2) is 5.96 Å².